The fourth-order valence-electron chi connectivity index (χ4n) is 3.44. The van der Waals surface area contributed by atoms with Crippen LogP contribution < -0.4 is 11.2 Å². The minimum absolute atomic E-state index is 0.396. The number of nitrogens with one attached hydrogen (secondary N) is 1. The van der Waals surface area contributed by atoms with Gasteiger partial charge in [0, 0.05) is 32.0 Å². The Hall–Kier alpha value is -2.35. The molecular weight excluding hydrogens is 296 g/mol. The maximum absolute atomic E-state index is 12.2. The van der Waals surface area contributed by atoms with E-state index in [0.29, 0.717) is 16.9 Å². The van der Waals surface area contributed by atoms with Crippen LogP contribution in [-0.4, -0.2) is 48.0 Å². The third-order valence-electron chi connectivity index (χ3n) is 4.75. The van der Waals surface area contributed by atoms with Gasteiger partial charge in [-0.1, -0.05) is 0 Å². The molecule has 1 saturated heterocycles. The van der Waals surface area contributed by atoms with Crippen LogP contribution >= 0.6 is 0 Å². The highest BCUT2D eigenvalue weighted by Gasteiger charge is 2.18. The number of likely N-dealkylation sites (tertiary alicyclic amines) is 1. The van der Waals surface area contributed by atoms with Crippen molar-refractivity contribution in [1.29, 1.82) is 0 Å². The monoisotopic (exact) mass is 316 g/mol. The molecule has 3 aromatic heterocycles. The number of nitrogens with zero attached hydrogens (tertiary/aromatic N) is 5. The summed E-state index contributed by atoms with van der Waals surface area (Å²) in [6, 6.07) is 0. The van der Waals surface area contributed by atoms with Crippen molar-refractivity contribution < 1.29 is 0 Å². The van der Waals surface area contributed by atoms with Crippen LogP contribution in [0.5, 0.6) is 0 Å². The Kier molecular flexibility index (Phi) is 3.15. The molecule has 1 fully saturated rings. The van der Waals surface area contributed by atoms with Gasteiger partial charge in [0.2, 0.25) is 5.78 Å². The number of aryl methyl sites for hydroxylation is 2. The SMILES string of the molecule is Cc1cn2c3c(=O)[nH]c(=O)n(C)c3nc2n1CCN1CCCC1. The van der Waals surface area contributed by atoms with E-state index in [2.05, 4.69) is 19.4 Å². The lowest BCUT2D eigenvalue weighted by atomic mass is 10.4. The van der Waals surface area contributed by atoms with Crippen molar-refractivity contribution >= 4 is 16.9 Å². The van der Waals surface area contributed by atoms with Crippen LogP contribution in [0, 0.1) is 6.92 Å². The minimum Gasteiger partial charge on any atom is -0.313 e. The Balaban J connectivity index is 1.85. The molecule has 0 bridgehead atoms. The Bertz CT molecular complexity index is 999. The molecule has 3 aromatic rings. The van der Waals surface area contributed by atoms with Crippen molar-refractivity contribution in [1.82, 2.24) is 28.4 Å². The number of rotatable bonds is 3. The normalized spacial score (nSPS) is 16.1. The summed E-state index contributed by atoms with van der Waals surface area (Å²) in [5.41, 5.74) is 1.06. The van der Waals surface area contributed by atoms with Crippen molar-refractivity contribution in [3.05, 3.63) is 32.7 Å². The largest absolute Gasteiger partial charge is 0.329 e. The van der Waals surface area contributed by atoms with Gasteiger partial charge in [-0.15, -0.1) is 0 Å². The number of hydrogen-bond acceptors (Lipinski definition) is 4. The van der Waals surface area contributed by atoms with Crippen LogP contribution in [0.1, 0.15) is 18.5 Å². The highest BCUT2D eigenvalue weighted by Crippen LogP contribution is 2.16. The number of aromatic nitrogens is 5. The third kappa shape index (κ3) is 2.13. The summed E-state index contributed by atoms with van der Waals surface area (Å²) in [6.45, 7) is 6.13. The molecule has 1 aliphatic heterocycles. The summed E-state index contributed by atoms with van der Waals surface area (Å²) >= 11 is 0. The second-order valence-corrected chi connectivity index (χ2v) is 6.24. The number of aromatic amines is 1. The number of fused-ring (bicyclic) bond motifs is 3. The van der Waals surface area contributed by atoms with E-state index < -0.39 is 11.2 Å². The first-order valence-electron chi connectivity index (χ1n) is 7.96. The lowest BCUT2D eigenvalue weighted by molar-refractivity contribution is 0.323. The highest BCUT2D eigenvalue weighted by molar-refractivity contribution is 5.75. The van der Waals surface area contributed by atoms with Crippen molar-refractivity contribution in [2.75, 3.05) is 19.6 Å². The first-order chi connectivity index (χ1) is 11.1. The molecule has 8 nitrogen and oxygen atoms in total. The summed E-state index contributed by atoms with van der Waals surface area (Å²) in [5, 5.41) is 0. The van der Waals surface area contributed by atoms with E-state index in [4.69, 9.17) is 0 Å². The van der Waals surface area contributed by atoms with Crippen molar-refractivity contribution in [2.24, 2.45) is 7.05 Å². The quantitative estimate of drug-likeness (QED) is 0.742. The van der Waals surface area contributed by atoms with Crippen LogP contribution in [0.3, 0.4) is 0 Å². The van der Waals surface area contributed by atoms with E-state index >= 15 is 0 Å². The van der Waals surface area contributed by atoms with E-state index in [9.17, 15) is 9.59 Å². The van der Waals surface area contributed by atoms with Gasteiger partial charge >= 0.3 is 5.69 Å². The molecule has 1 aliphatic rings. The molecule has 0 amide bonds. The molecule has 0 unspecified atom stereocenters. The molecule has 122 valence electrons. The molecule has 4 rings (SSSR count). The Labute approximate surface area is 132 Å². The van der Waals surface area contributed by atoms with Gasteiger partial charge in [-0.3, -0.25) is 18.7 Å². The molecule has 0 aromatic carbocycles. The van der Waals surface area contributed by atoms with Gasteiger partial charge in [0.15, 0.2) is 11.2 Å². The van der Waals surface area contributed by atoms with Crippen LogP contribution in [0.2, 0.25) is 0 Å². The summed E-state index contributed by atoms with van der Waals surface area (Å²) in [6.07, 6.45) is 4.45. The average Bonchev–Trinajstić information content (AvgIpc) is 3.19. The molecule has 0 spiro atoms. The van der Waals surface area contributed by atoms with Gasteiger partial charge in [-0.25, -0.2) is 4.79 Å². The molecule has 8 heteroatoms. The molecule has 0 radical (unpaired) electrons. The Morgan fingerprint density at radius 3 is 2.70 bits per heavy atom. The van der Waals surface area contributed by atoms with Crippen LogP contribution in [-0.2, 0) is 13.6 Å². The fraction of sp³-hybridized carbons (Fsp3) is 0.533. The van der Waals surface area contributed by atoms with Gasteiger partial charge in [0.25, 0.3) is 5.56 Å². The number of H-pyrrole nitrogens is 1. The molecule has 0 aliphatic carbocycles. The Morgan fingerprint density at radius 1 is 1.22 bits per heavy atom. The molecule has 0 atom stereocenters. The van der Waals surface area contributed by atoms with Gasteiger partial charge in [0.1, 0.15) is 0 Å². The fourth-order valence-corrected chi connectivity index (χ4v) is 3.44. The standard InChI is InChI=1S/C15H20N6O2/c1-10-9-21-11-12(18(2)15(23)17-13(11)22)16-14(21)20(10)8-7-19-5-3-4-6-19/h9H,3-8H2,1-2H3,(H,17,22,23). The van der Waals surface area contributed by atoms with Gasteiger partial charge in [0.05, 0.1) is 0 Å². The topological polar surface area (TPSA) is 80.3 Å². The molecule has 4 heterocycles. The van der Waals surface area contributed by atoms with Crippen molar-refractivity contribution in [3.63, 3.8) is 0 Å². The van der Waals surface area contributed by atoms with E-state index in [1.807, 2.05) is 13.1 Å². The molecule has 23 heavy (non-hydrogen) atoms. The zero-order chi connectivity index (χ0) is 16.1. The predicted molar refractivity (Wildman–Crippen MR) is 87.0 cm³/mol. The lowest BCUT2D eigenvalue weighted by Crippen LogP contribution is -2.28. The molecule has 1 N–H and O–H groups in total. The summed E-state index contributed by atoms with van der Waals surface area (Å²) < 4.78 is 5.28. The Morgan fingerprint density at radius 2 is 1.96 bits per heavy atom. The molecular formula is C15H20N6O2. The van der Waals surface area contributed by atoms with E-state index in [-0.39, 0.29) is 0 Å². The molecule has 0 saturated carbocycles. The highest BCUT2D eigenvalue weighted by atomic mass is 16.2. The zero-order valence-electron chi connectivity index (χ0n) is 13.4. The van der Waals surface area contributed by atoms with Gasteiger partial charge < -0.3 is 9.47 Å². The minimum atomic E-state index is -0.441. The second-order valence-electron chi connectivity index (χ2n) is 6.24. The zero-order valence-corrected chi connectivity index (χ0v) is 13.4. The van der Waals surface area contributed by atoms with Crippen LogP contribution in [0.4, 0.5) is 0 Å². The summed E-state index contributed by atoms with van der Waals surface area (Å²) in [4.78, 5) is 33.3. The van der Waals surface area contributed by atoms with Gasteiger partial charge in [-0.2, -0.15) is 4.98 Å². The van der Waals surface area contributed by atoms with E-state index in [1.165, 1.54) is 17.4 Å². The van der Waals surface area contributed by atoms with E-state index in [0.717, 1.165) is 31.9 Å². The van der Waals surface area contributed by atoms with Crippen molar-refractivity contribution in [2.45, 2.75) is 26.3 Å². The average molecular weight is 316 g/mol. The lowest BCUT2D eigenvalue weighted by Gasteiger charge is -2.15. The maximum Gasteiger partial charge on any atom is 0.329 e. The van der Waals surface area contributed by atoms with Gasteiger partial charge in [-0.05, 0) is 32.9 Å². The second kappa shape index (κ2) is 5.09. The van der Waals surface area contributed by atoms with Crippen molar-refractivity contribution in [3.8, 4) is 0 Å². The summed E-state index contributed by atoms with van der Waals surface area (Å²) in [5.74, 6) is 0.711. The first-order valence-corrected chi connectivity index (χ1v) is 7.96. The summed E-state index contributed by atoms with van der Waals surface area (Å²) in [7, 11) is 1.62. The number of imidazole rings is 2. The number of hydrogen-bond donors (Lipinski definition) is 1. The first kappa shape index (κ1) is 14.3. The predicted octanol–water partition coefficient (Wildman–Crippen LogP) is 0.0802. The van der Waals surface area contributed by atoms with E-state index in [1.54, 1.807) is 11.4 Å². The van der Waals surface area contributed by atoms with Crippen LogP contribution in [0.15, 0.2) is 15.8 Å². The smallest absolute Gasteiger partial charge is 0.313 e. The third-order valence-corrected chi connectivity index (χ3v) is 4.75. The maximum atomic E-state index is 12.2. The van der Waals surface area contributed by atoms with Crippen LogP contribution in [0.25, 0.3) is 16.9 Å².